The van der Waals surface area contributed by atoms with Gasteiger partial charge in [0.15, 0.2) is 5.82 Å². The minimum Gasteiger partial charge on any atom is -0.373 e. The van der Waals surface area contributed by atoms with Crippen molar-refractivity contribution < 1.29 is 4.74 Å². The first kappa shape index (κ1) is 10.8. The average Bonchev–Trinajstić information content (AvgIpc) is 2.75. The van der Waals surface area contributed by atoms with Crippen molar-refractivity contribution in [3.8, 4) is 0 Å². The highest BCUT2D eigenvalue weighted by atomic mass is 35.5. The van der Waals surface area contributed by atoms with Crippen molar-refractivity contribution in [1.82, 2.24) is 20.2 Å². The Hall–Kier alpha value is -0.680. The maximum atomic E-state index is 5.98. The van der Waals surface area contributed by atoms with Gasteiger partial charge in [0.2, 0.25) is 0 Å². The van der Waals surface area contributed by atoms with Gasteiger partial charge in [-0.1, -0.05) is 0 Å². The van der Waals surface area contributed by atoms with Gasteiger partial charge in [-0.2, -0.15) is 0 Å². The molecule has 1 aliphatic heterocycles. The van der Waals surface area contributed by atoms with Crippen LogP contribution in [0.1, 0.15) is 37.9 Å². The quantitative estimate of drug-likeness (QED) is 0.740. The third-order valence-corrected chi connectivity index (χ3v) is 2.90. The third-order valence-electron chi connectivity index (χ3n) is 2.70. The van der Waals surface area contributed by atoms with Crippen LogP contribution in [0.3, 0.4) is 0 Å². The van der Waals surface area contributed by atoms with Gasteiger partial charge in [0.1, 0.15) is 0 Å². The Labute approximate surface area is 93.7 Å². The van der Waals surface area contributed by atoms with Crippen LogP contribution in [0.25, 0.3) is 0 Å². The number of aromatic nitrogens is 4. The lowest BCUT2D eigenvalue weighted by Gasteiger charge is -2.23. The Balaban J connectivity index is 2.13. The van der Waals surface area contributed by atoms with Gasteiger partial charge in [-0.25, -0.2) is 4.68 Å². The molecular weight excluding hydrogens is 216 g/mol. The molecule has 0 bridgehead atoms. The van der Waals surface area contributed by atoms with Gasteiger partial charge in [-0.05, 0) is 37.1 Å². The van der Waals surface area contributed by atoms with Crippen molar-refractivity contribution in [1.29, 1.82) is 0 Å². The summed E-state index contributed by atoms with van der Waals surface area (Å²) in [5, 5.41) is 11.3. The first-order valence-electron chi connectivity index (χ1n) is 5.15. The monoisotopic (exact) mass is 230 g/mol. The highest BCUT2D eigenvalue weighted by Crippen LogP contribution is 2.27. The molecular formula is C9H15ClN4O. The van der Waals surface area contributed by atoms with E-state index in [1.165, 1.54) is 0 Å². The van der Waals surface area contributed by atoms with Crippen LogP contribution in [0, 0.1) is 0 Å². The van der Waals surface area contributed by atoms with Crippen LogP contribution < -0.4 is 0 Å². The minimum absolute atomic E-state index is 0.143. The minimum atomic E-state index is -0.176. The fourth-order valence-corrected chi connectivity index (χ4v) is 2.04. The molecule has 15 heavy (non-hydrogen) atoms. The van der Waals surface area contributed by atoms with E-state index < -0.39 is 0 Å². The number of halogens is 1. The van der Waals surface area contributed by atoms with Crippen molar-refractivity contribution in [2.75, 3.05) is 6.61 Å². The molecule has 1 aromatic heterocycles. The Morgan fingerprint density at radius 2 is 2.47 bits per heavy atom. The van der Waals surface area contributed by atoms with E-state index in [4.69, 9.17) is 16.3 Å². The van der Waals surface area contributed by atoms with Crippen molar-refractivity contribution >= 4 is 11.6 Å². The van der Waals surface area contributed by atoms with Crippen molar-refractivity contribution in [3.05, 3.63) is 5.82 Å². The van der Waals surface area contributed by atoms with Crippen molar-refractivity contribution in [3.63, 3.8) is 0 Å². The van der Waals surface area contributed by atoms with E-state index in [0.29, 0.717) is 12.4 Å². The predicted octanol–water partition coefficient (Wildman–Crippen LogP) is 1.54. The molecule has 0 aliphatic carbocycles. The Morgan fingerprint density at radius 1 is 1.67 bits per heavy atom. The number of ether oxygens (including phenoxy) is 1. The summed E-state index contributed by atoms with van der Waals surface area (Å²) < 4.78 is 7.43. The molecule has 5 nitrogen and oxygen atoms in total. The lowest BCUT2D eigenvalue weighted by Crippen LogP contribution is -2.31. The molecule has 1 fully saturated rings. The molecule has 1 saturated heterocycles. The number of hydrogen-bond donors (Lipinski definition) is 0. The second-order valence-corrected chi connectivity index (χ2v) is 4.87. The molecule has 0 aromatic carbocycles. The summed E-state index contributed by atoms with van der Waals surface area (Å²) in [5.74, 6) is 0.702. The van der Waals surface area contributed by atoms with Gasteiger partial charge in [0, 0.05) is 6.61 Å². The first-order chi connectivity index (χ1) is 7.11. The van der Waals surface area contributed by atoms with Crippen LogP contribution in [0.15, 0.2) is 0 Å². The zero-order chi connectivity index (χ0) is 10.9. The molecule has 0 N–H and O–H groups in total. The fraction of sp³-hybridized carbons (Fsp3) is 0.889. The van der Waals surface area contributed by atoms with E-state index in [2.05, 4.69) is 22.4 Å². The summed E-state index contributed by atoms with van der Waals surface area (Å²) in [4.78, 5) is 0. The number of nitrogens with zero attached hydrogens (tertiary/aromatic N) is 4. The highest BCUT2D eigenvalue weighted by Gasteiger charge is 2.32. The molecule has 2 rings (SSSR count). The van der Waals surface area contributed by atoms with E-state index in [0.717, 1.165) is 19.4 Å². The molecule has 2 heterocycles. The van der Waals surface area contributed by atoms with E-state index in [1.807, 2.05) is 6.92 Å². The van der Waals surface area contributed by atoms with Crippen LogP contribution in [0.5, 0.6) is 0 Å². The van der Waals surface area contributed by atoms with Crippen LogP contribution in [-0.4, -0.2) is 32.4 Å². The number of tetrazole rings is 1. The molecule has 2 unspecified atom stereocenters. The van der Waals surface area contributed by atoms with Crippen LogP contribution in [0.4, 0.5) is 0 Å². The molecule has 0 spiro atoms. The Kier molecular flexibility index (Phi) is 2.93. The summed E-state index contributed by atoms with van der Waals surface area (Å²) in [6, 6.07) is 0. The van der Waals surface area contributed by atoms with Gasteiger partial charge in [0.25, 0.3) is 0 Å². The maximum absolute atomic E-state index is 5.98. The van der Waals surface area contributed by atoms with Crippen LogP contribution in [-0.2, 0) is 11.3 Å². The van der Waals surface area contributed by atoms with Crippen LogP contribution in [0.2, 0.25) is 0 Å². The second-order valence-electron chi connectivity index (χ2n) is 4.21. The predicted molar refractivity (Wildman–Crippen MR) is 55.7 cm³/mol. The SMILES string of the molecule is CC(Cl)c1nnnn1CC1(C)CCCO1. The maximum Gasteiger partial charge on any atom is 0.168 e. The Bertz CT molecular complexity index is 333. The van der Waals surface area contributed by atoms with Gasteiger partial charge in [-0.15, -0.1) is 16.7 Å². The third kappa shape index (κ3) is 2.29. The first-order valence-corrected chi connectivity index (χ1v) is 5.58. The average molecular weight is 231 g/mol. The van der Waals surface area contributed by atoms with E-state index in [1.54, 1.807) is 4.68 Å². The van der Waals surface area contributed by atoms with E-state index in [9.17, 15) is 0 Å². The Morgan fingerprint density at radius 3 is 3.07 bits per heavy atom. The lowest BCUT2D eigenvalue weighted by atomic mass is 10.0. The zero-order valence-electron chi connectivity index (χ0n) is 8.98. The second kappa shape index (κ2) is 4.06. The molecule has 84 valence electrons. The molecule has 1 aromatic rings. The summed E-state index contributed by atoms with van der Waals surface area (Å²) >= 11 is 5.98. The molecule has 6 heteroatoms. The summed E-state index contributed by atoms with van der Waals surface area (Å²) in [6.45, 7) is 5.45. The van der Waals surface area contributed by atoms with Gasteiger partial charge < -0.3 is 4.74 Å². The van der Waals surface area contributed by atoms with E-state index in [-0.39, 0.29) is 11.0 Å². The highest BCUT2D eigenvalue weighted by molar-refractivity contribution is 6.20. The smallest absolute Gasteiger partial charge is 0.168 e. The van der Waals surface area contributed by atoms with Gasteiger partial charge in [-0.3, -0.25) is 0 Å². The standard InChI is InChI=1S/C9H15ClN4O/c1-7(10)8-11-12-13-14(8)6-9(2)4-3-5-15-9/h7H,3-6H2,1-2H3. The number of alkyl halides is 1. The van der Waals surface area contributed by atoms with Crippen molar-refractivity contribution in [2.24, 2.45) is 0 Å². The van der Waals surface area contributed by atoms with E-state index >= 15 is 0 Å². The summed E-state index contributed by atoms with van der Waals surface area (Å²) in [5.41, 5.74) is -0.143. The topological polar surface area (TPSA) is 52.8 Å². The molecule has 0 radical (unpaired) electrons. The molecule has 2 atom stereocenters. The van der Waals surface area contributed by atoms with Crippen molar-refractivity contribution in [2.45, 2.75) is 44.2 Å². The fourth-order valence-electron chi connectivity index (χ4n) is 1.89. The number of hydrogen-bond acceptors (Lipinski definition) is 4. The summed E-state index contributed by atoms with van der Waals surface area (Å²) in [7, 11) is 0. The number of rotatable bonds is 3. The normalized spacial score (nSPS) is 28.2. The molecule has 0 amide bonds. The zero-order valence-corrected chi connectivity index (χ0v) is 9.74. The lowest BCUT2D eigenvalue weighted by molar-refractivity contribution is 0.00251. The molecule has 0 saturated carbocycles. The molecule has 1 aliphatic rings. The van der Waals surface area contributed by atoms with Gasteiger partial charge in [0.05, 0.1) is 17.5 Å². The summed E-state index contributed by atoms with van der Waals surface area (Å²) in [6.07, 6.45) is 2.15. The largest absolute Gasteiger partial charge is 0.373 e. The van der Waals surface area contributed by atoms with Crippen LogP contribution >= 0.6 is 11.6 Å². The van der Waals surface area contributed by atoms with Gasteiger partial charge >= 0.3 is 0 Å².